The number of hydrogen-bond acceptors (Lipinski definition) is 6. The molecule has 0 atom stereocenters. The van der Waals surface area contributed by atoms with Crippen molar-refractivity contribution >= 4 is 11.6 Å². The molecule has 1 amide bonds. The van der Waals surface area contributed by atoms with Crippen LogP contribution >= 0.6 is 0 Å². The normalized spacial score (nSPS) is 14.6. The van der Waals surface area contributed by atoms with Gasteiger partial charge in [-0.2, -0.15) is 5.10 Å². The first-order chi connectivity index (χ1) is 16.0. The lowest BCUT2D eigenvalue weighted by Gasteiger charge is -2.30. The van der Waals surface area contributed by atoms with Gasteiger partial charge in [0.05, 0.1) is 27.0 Å². The Morgan fingerprint density at radius 3 is 2.45 bits per heavy atom. The number of amides is 1. The molecule has 1 aromatic heterocycles. The third-order valence-corrected chi connectivity index (χ3v) is 6.22. The molecule has 8 heteroatoms. The van der Waals surface area contributed by atoms with E-state index in [1.165, 1.54) is 30.7 Å². The molecule has 0 unspecified atom stereocenters. The number of aromatic hydroxyl groups is 1. The van der Waals surface area contributed by atoms with Crippen molar-refractivity contribution in [3.63, 3.8) is 0 Å². The second-order valence-corrected chi connectivity index (χ2v) is 8.27. The number of methoxy groups -OCH3 is 2. The predicted molar refractivity (Wildman–Crippen MR) is 124 cm³/mol. The Bertz CT molecular complexity index is 1200. The molecule has 172 valence electrons. The molecule has 1 saturated carbocycles. The summed E-state index contributed by atoms with van der Waals surface area (Å²) in [5.74, 6) is -0.278. The van der Waals surface area contributed by atoms with Crippen molar-refractivity contribution in [3.05, 3.63) is 76.2 Å². The van der Waals surface area contributed by atoms with Gasteiger partial charge in [-0.05, 0) is 30.5 Å². The smallest absolute Gasteiger partial charge is 0.280 e. The number of ether oxygens (including phenoxy) is 2. The Morgan fingerprint density at radius 2 is 1.79 bits per heavy atom. The van der Waals surface area contributed by atoms with E-state index >= 15 is 0 Å². The Labute approximate surface area is 191 Å². The van der Waals surface area contributed by atoms with Crippen molar-refractivity contribution in [3.8, 4) is 17.2 Å². The number of benzene rings is 2. The molecule has 0 aliphatic heterocycles. The standard InChI is InChI=1S/C25H27N3O5/c1-32-20-11-10-18(14-21(20)33-2)26-24(31)22-23(30)19(29)15-28(27-22)16-25(12-6-7-13-25)17-8-4-3-5-9-17/h3-5,8-11,14-15,29H,6-7,12-13,16H2,1-2H3,(H,26,31). The summed E-state index contributed by atoms with van der Waals surface area (Å²) in [4.78, 5) is 25.4. The number of hydrogen-bond donors (Lipinski definition) is 2. The van der Waals surface area contributed by atoms with Crippen molar-refractivity contribution in [2.24, 2.45) is 0 Å². The second-order valence-electron chi connectivity index (χ2n) is 8.27. The van der Waals surface area contributed by atoms with Crippen molar-refractivity contribution in [2.75, 3.05) is 19.5 Å². The minimum absolute atomic E-state index is 0.160. The molecule has 1 aliphatic rings. The van der Waals surface area contributed by atoms with Crippen molar-refractivity contribution in [1.82, 2.24) is 9.78 Å². The number of anilines is 1. The van der Waals surface area contributed by atoms with Crippen LogP contribution in [0.3, 0.4) is 0 Å². The first kappa shape index (κ1) is 22.4. The number of carbonyl (C=O) groups excluding carboxylic acids is 1. The third kappa shape index (κ3) is 4.55. The van der Waals surface area contributed by atoms with E-state index in [-0.39, 0.29) is 11.1 Å². The average Bonchev–Trinajstić information content (AvgIpc) is 3.31. The summed E-state index contributed by atoms with van der Waals surface area (Å²) in [5.41, 5.74) is 0.256. The number of rotatable bonds is 7. The molecule has 0 bridgehead atoms. The lowest BCUT2D eigenvalue weighted by atomic mass is 9.79. The highest BCUT2D eigenvalue weighted by Gasteiger charge is 2.36. The summed E-state index contributed by atoms with van der Waals surface area (Å²) < 4.78 is 12.0. The first-order valence-corrected chi connectivity index (χ1v) is 10.9. The third-order valence-electron chi connectivity index (χ3n) is 6.22. The highest BCUT2D eigenvalue weighted by molar-refractivity contribution is 6.03. The van der Waals surface area contributed by atoms with Gasteiger partial charge in [0.15, 0.2) is 22.9 Å². The maximum absolute atomic E-state index is 12.9. The molecule has 0 spiro atoms. The van der Waals surface area contributed by atoms with Crippen molar-refractivity contribution < 1.29 is 19.4 Å². The van der Waals surface area contributed by atoms with E-state index in [1.54, 1.807) is 18.2 Å². The maximum Gasteiger partial charge on any atom is 0.280 e. The van der Waals surface area contributed by atoms with Gasteiger partial charge in [0.1, 0.15) is 0 Å². The molecule has 3 aromatic rings. The summed E-state index contributed by atoms with van der Waals surface area (Å²) in [6, 6.07) is 15.0. The fourth-order valence-corrected chi connectivity index (χ4v) is 4.55. The summed E-state index contributed by atoms with van der Waals surface area (Å²) in [7, 11) is 3.01. The van der Waals surface area contributed by atoms with E-state index < -0.39 is 17.1 Å². The minimum Gasteiger partial charge on any atom is -0.503 e. The summed E-state index contributed by atoms with van der Waals surface area (Å²) in [5, 5.41) is 17.3. The minimum atomic E-state index is -0.815. The largest absolute Gasteiger partial charge is 0.503 e. The summed E-state index contributed by atoms with van der Waals surface area (Å²) in [6.45, 7) is 0.460. The van der Waals surface area contributed by atoms with Crippen LogP contribution in [0.5, 0.6) is 17.2 Å². The fraction of sp³-hybridized carbons (Fsp3) is 0.320. The van der Waals surface area contributed by atoms with Gasteiger partial charge in [-0.25, -0.2) is 0 Å². The predicted octanol–water partition coefficient (Wildman–Crippen LogP) is 3.73. The molecule has 0 radical (unpaired) electrons. The Morgan fingerprint density at radius 1 is 1.09 bits per heavy atom. The lowest BCUT2D eigenvalue weighted by Crippen LogP contribution is -2.32. The molecule has 4 rings (SSSR count). The molecule has 1 heterocycles. The number of aromatic nitrogens is 2. The van der Waals surface area contributed by atoms with Crippen LogP contribution in [0.1, 0.15) is 41.7 Å². The van der Waals surface area contributed by atoms with Gasteiger partial charge in [-0.15, -0.1) is 0 Å². The van der Waals surface area contributed by atoms with Gasteiger partial charge in [-0.1, -0.05) is 43.2 Å². The van der Waals surface area contributed by atoms with Crippen LogP contribution in [-0.2, 0) is 12.0 Å². The van der Waals surface area contributed by atoms with Gasteiger partial charge >= 0.3 is 0 Å². The molecule has 2 aromatic carbocycles. The van der Waals surface area contributed by atoms with E-state index in [0.717, 1.165) is 25.7 Å². The van der Waals surface area contributed by atoms with Gasteiger partial charge in [-0.3, -0.25) is 14.3 Å². The van der Waals surface area contributed by atoms with Gasteiger partial charge in [0.25, 0.3) is 11.3 Å². The molecular formula is C25H27N3O5. The highest BCUT2D eigenvalue weighted by atomic mass is 16.5. The van der Waals surface area contributed by atoms with Crippen LogP contribution < -0.4 is 20.2 Å². The van der Waals surface area contributed by atoms with Gasteiger partial charge < -0.3 is 19.9 Å². The molecule has 8 nitrogen and oxygen atoms in total. The number of carbonyl (C=O) groups is 1. The Balaban J connectivity index is 1.63. The van der Waals surface area contributed by atoms with Crippen LogP contribution in [-0.4, -0.2) is 35.0 Å². The zero-order valence-corrected chi connectivity index (χ0v) is 18.7. The van der Waals surface area contributed by atoms with Gasteiger partial charge in [0, 0.05) is 17.2 Å². The monoisotopic (exact) mass is 449 g/mol. The zero-order chi connectivity index (χ0) is 23.4. The highest BCUT2D eigenvalue weighted by Crippen LogP contribution is 2.42. The lowest BCUT2D eigenvalue weighted by molar-refractivity contribution is 0.101. The fourth-order valence-electron chi connectivity index (χ4n) is 4.55. The molecule has 33 heavy (non-hydrogen) atoms. The summed E-state index contributed by atoms with van der Waals surface area (Å²) in [6.07, 6.45) is 5.43. The van der Waals surface area contributed by atoms with E-state index in [9.17, 15) is 14.7 Å². The topological polar surface area (TPSA) is 103 Å². The van der Waals surface area contributed by atoms with E-state index in [2.05, 4.69) is 22.5 Å². The van der Waals surface area contributed by atoms with E-state index in [0.29, 0.717) is 23.7 Å². The number of nitrogens with one attached hydrogen (secondary N) is 1. The zero-order valence-electron chi connectivity index (χ0n) is 18.7. The molecule has 2 N–H and O–H groups in total. The maximum atomic E-state index is 12.9. The van der Waals surface area contributed by atoms with Crippen molar-refractivity contribution in [1.29, 1.82) is 0 Å². The average molecular weight is 450 g/mol. The number of nitrogens with zero attached hydrogens (tertiary/aromatic N) is 2. The molecule has 1 fully saturated rings. The van der Waals surface area contributed by atoms with Crippen LogP contribution in [0.15, 0.2) is 59.5 Å². The van der Waals surface area contributed by atoms with E-state index in [1.807, 2.05) is 18.2 Å². The quantitative estimate of drug-likeness (QED) is 0.570. The van der Waals surface area contributed by atoms with Crippen LogP contribution in [0.2, 0.25) is 0 Å². The van der Waals surface area contributed by atoms with Crippen molar-refractivity contribution in [2.45, 2.75) is 37.6 Å². The van der Waals surface area contributed by atoms with Gasteiger partial charge in [0.2, 0.25) is 0 Å². The Hall–Kier alpha value is -3.81. The molecule has 1 aliphatic carbocycles. The SMILES string of the molecule is COc1ccc(NC(=O)c2nn(CC3(c4ccccc4)CCCC3)cc(O)c2=O)cc1OC. The summed E-state index contributed by atoms with van der Waals surface area (Å²) >= 11 is 0. The van der Waals surface area contributed by atoms with Crippen LogP contribution in [0.25, 0.3) is 0 Å². The van der Waals surface area contributed by atoms with Crippen LogP contribution in [0, 0.1) is 0 Å². The first-order valence-electron chi connectivity index (χ1n) is 10.9. The molecule has 0 saturated heterocycles. The van der Waals surface area contributed by atoms with Crippen LogP contribution in [0.4, 0.5) is 5.69 Å². The van der Waals surface area contributed by atoms with E-state index in [4.69, 9.17) is 9.47 Å². The Kier molecular flexibility index (Phi) is 6.35. The molecular weight excluding hydrogens is 422 g/mol. The second kappa shape index (κ2) is 9.36.